The average molecular weight is 204 g/mol. The molecule has 0 unspecified atom stereocenters. The standard InChI is InChI=1S/C9H9BN2O3/c1-6-4-7(10(13)14)2-3-8(6)9-11-5-15-12-9/h2-5,13-14H,1H3. The molecular formula is C9H9BN2O3. The summed E-state index contributed by atoms with van der Waals surface area (Å²) in [6.07, 6.45) is 1.25. The monoisotopic (exact) mass is 204 g/mol. The summed E-state index contributed by atoms with van der Waals surface area (Å²) in [6, 6.07) is 5.02. The molecule has 0 saturated carbocycles. The van der Waals surface area contributed by atoms with Crippen LogP contribution in [0.25, 0.3) is 11.4 Å². The van der Waals surface area contributed by atoms with Crippen molar-refractivity contribution in [2.24, 2.45) is 0 Å². The van der Waals surface area contributed by atoms with Crippen LogP contribution >= 0.6 is 0 Å². The quantitative estimate of drug-likeness (QED) is 0.658. The predicted molar refractivity (Wildman–Crippen MR) is 54.3 cm³/mol. The summed E-state index contributed by atoms with van der Waals surface area (Å²) in [7, 11) is -1.46. The van der Waals surface area contributed by atoms with Crippen molar-refractivity contribution in [1.29, 1.82) is 0 Å². The summed E-state index contributed by atoms with van der Waals surface area (Å²) in [5.74, 6) is 0.492. The Kier molecular flexibility index (Phi) is 2.53. The normalized spacial score (nSPS) is 10.3. The van der Waals surface area contributed by atoms with Gasteiger partial charge in [-0.25, -0.2) is 0 Å². The maximum atomic E-state index is 8.98. The predicted octanol–water partition coefficient (Wildman–Crippen LogP) is -0.275. The first-order chi connectivity index (χ1) is 7.18. The highest BCUT2D eigenvalue weighted by Crippen LogP contribution is 2.17. The Morgan fingerprint density at radius 2 is 2.13 bits per heavy atom. The third-order valence-electron chi connectivity index (χ3n) is 2.15. The molecule has 0 atom stereocenters. The molecule has 2 aromatic rings. The van der Waals surface area contributed by atoms with Crippen LogP contribution in [-0.4, -0.2) is 27.3 Å². The molecule has 0 radical (unpaired) electrons. The number of rotatable bonds is 2. The minimum absolute atomic E-state index is 0.444. The minimum atomic E-state index is -1.46. The molecule has 0 aliphatic carbocycles. The van der Waals surface area contributed by atoms with Gasteiger partial charge in [-0.1, -0.05) is 23.4 Å². The van der Waals surface area contributed by atoms with Crippen molar-refractivity contribution in [3.8, 4) is 11.4 Å². The van der Waals surface area contributed by atoms with Gasteiger partial charge in [-0.05, 0) is 17.9 Å². The molecule has 15 heavy (non-hydrogen) atoms. The maximum absolute atomic E-state index is 8.98. The van der Waals surface area contributed by atoms with E-state index in [1.54, 1.807) is 18.2 Å². The summed E-state index contributed by atoms with van der Waals surface area (Å²) in [5.41, 5.74) is 2.12. The summed E-state index contributed by atoms with van der Waals surface area (Å²) in [4.78, 5) is 3.92. The van der Waals surface area contributed by atoms with Gasteiger partial charge < -0.3 is 14.6 Å². The number of hydrogen-bond acceptors (Lipinski definition) is 5. The van der Waals surface area contributed by atoms with Crippen LogP contribution in [0.1, 0.15) is 5.56 Å². The smallest absolute Gasteiger partial charge is 0.423 e. The van der Waals surface area contributed by atoms with E-state index in [4.69, 9.17) is 10.0 Å². The first-order valence-electron chi connectivity index (χ1n) is 4.42. The van der Waals surface area contributed by atoms with Gasteiger partial charge in [0.25, 0.3) is 0 Å². The van der Waals surface area contributed by atoms with E-state index >= 15 is 0 Å². The highest BCUT2D eigenvalue weighted by molar-refractivity contribution is 6.58. The van der Waals surface area contributed by atoms with Gasteiger partial charge >= 0.3 is 7.12 Å². The van der Waals surface area contributed by atoms with E-state index in [-0.39, 0.29) is 0 Å². The summed E-state index contributed by atoms with van der Waals surface area (Å²) in [6.45, 7) is 1.84. The van der Waals surface area contributed by atoms with Gasteiger partial charge in [0, 0.05) is 5.56 Å². The van der Waals surface area contributed by atoms with Gasteiger partial charge in [-0.3, -0.25) is 0 Å². The van der Waals surface area contributed by atoms with Gasteiger partial charge in [-0.2, -0.15) is 4.98 Å². The number of nitrogens with zero attached hydrogens (tertiary/aromatic N) is 2. The average Bonchev–Trinajstić information content (AvgIpc) is 2.70. The number of aryl methyl sites for hydroxylation is 1. The molecule has 0 spiro atoms. The van der Waals surface area contributed by atoms with Crippen molar-refractivity contribution in [2.75, 3.05) is 0 Å². The van der Waals surface area contributed by atoms with E-state index in [1.807, 2.05) is 6.92 Å². The molecule has 1 aromatic heterocycles. The maximum Gasteiger partial charge on any atom is 0.488 e. The van der Waals surface area contributed by atoms with Crippen LogP contribution in [0.15, 0.2) is 29.1 Å². The van der Waals surface area contributed by atoms with E-state index in [2.05, 4.69) is 14.7 Å². The molecule has 6 heteroatoms. The minimum Gasteiger partial charge on any atom is -0.423 e. The van der Waals surface area contributed by atoms with Crippen molar-refractivity contribution < 1.29 is 14.6 Å². The number of aromatic nitrogens is 2. The molecule has 0 aliphatic heterocycles. The van der Waals surface area contributed by atoms with E-state index in [0.29, 0.717) is 11.3 Å². The third kappa shape index (κ3) is 1.90. The van der Waals surface area contributed by atoms with Gasteiger partial charge in [0.15, 0.2) is 0 Å². The SMILES string of the molecule is Cc1cc(B(O)O)ccc1-c1ncon1. The van der Waals surface area contributed by atoms with Gasteiger partial charge in [0.1, 0.15) is 0 Å². The molecule has 1 heterocycles. The van der Waals surface area contributed by atoms with Crippen LogP contribution in [0, 0.1) is 6.92 Å². The first kappa shape index (κ1) is 9.88. The fraction of sp³-hybridized carbons (Fsp3) is 0.111. The second-order valence-corrected chi connectivity index (χ2v) is 3.20. The zero-order chi connectivity index (χ0) is 10.8. The Hall–Kier alpha value is -1.66. The van der Waals surface area contributed by atoms with Crippen LogP contribution in [0.4, 0.5) is 0 Å². The molecule has 0 amide bonds. The fourth-order valence-electron chi connectivity index (χ4n) is 1.39. The first-order valence-corrected chi connectivity index (χ1v) is 4.42. The Balaban J connectivity index is 2.44. The van der Waals surface area contributed by atoms with Crippen LogP contribution in [-0.2, 0) is 0 Å². The van der Waals surface area contributed by atoms with Crippen molar-refractivity contribution in [3.05, 3.63) is 30.2 Å². The molecular weight excluding hydrogens is 195 g/mol. The molecule has 0 bridgehead atoms. The van der Waals surface area contributed by atoms with Gasteiger partial charge in [0.05, 0.1) is 0 Å². The molecule has 0 saturated heterocycles. The topological polar surface area (TPSA) is 79.4 Å². The molecule has 2 N–H and O–H groups in total. The number of hydrogen-bond donors (Lipinski definition) is 2. The lowest BCUT2D eigenvalue weighted by molar-refractivity contribution is 0.418. The Morgan fingerprint density at radius 3 is 2.67 bits per heavy atom. The second kappa shape index (κ2) is 3.84. The lowest BCUT2D eigenvalue weighted by Crippen LogP contribution is -2.29. The van der Waals surface area contributed by atoms with Crippen LogP contribution in [0.3, 0.4) is 0 Å². The third-order valence-corrected chi connectivity index (χ3v) is 2.15. The molecule has 5 nitrogen and oxygen atoms in total. The van der Waals surface area contributed by atoms with Crippen LogP contribution in [0.5, 0.6) is 0 Å². The molecule has 2 rings (SSSR count). The summed E-state index contributed by atoms with van der Waals surface area (Å²) in [5, 5.41) is 21.7. The van der Waals surface area contributed by atoms with Crippen LogP contribution in [0.2, 0.25) is 0 Å². The summed E-state index contributed by atoms with van der Waals surface area (Å²) >= 11 is 0. The van der Waals surface area contributed by atoms with E-state index in [9.17, 15) is 0 Å². The fourth-order valence-corrected chi connectivity index (χ4v) is 1.39. The van der Waals surface area contributed by atoms with E-state index in [1.165, 1.54) is 6.39 Å². The van der Waals surface area contributed by atoms with Gasteiger partial charge in [-0.15, -0.1) is 0 Å². The van der Waals surface area contributed by atoms with Crippen molar-refractivity contribution >= 4 is 12.6 Å². The Bertz CT molecular complexity index is 456. The second-order valence-electron chi connectivity index (χ2n) is 3.20. The molecule has 1 aromatic carbocycles. The zero-order valence-corrected chi connectivity index (χ0v) is 8.08. The Labute approximate surface area is 86.5 Å². The summed E-state index contributed by atoms with van der Waals surface area (Å²) < 4.78 is 4.64. The molecule has 76 valence electrons. The lowest BCUT2D eigenvalue weighted by Gasteiger charge is -2.04. The Morgan fingerprint density at radius 1 is 1.33 bits per heavy atom. The lowest BCUT2D eigenvalue weighted by atomic mass is 9.79. The largest absolute Gasteiger partial charge is 0.488 e. The number of benzene rings is 1. The zero-order valence-electron chi connectivity index (χ0n) is 8.08. The molecule has 0 aliphatic rings. The van der Waals surface area contributed by atoms with Crippen molar-refractivity contribution in [1.82, 2.24) is 10.1 Å². The molecule has 0 fully saturated rings. The highest BCUT2D eigenvalue weighted by atomic mass is 16.5. The highest BCUT2D eigenvalue weighted by Gasteiger charge is 2.13. The van der Waals surface area contributed by atoms with E-state index in [0.717, 1.165) is 11.1 Å². The van der Waals surface area contributed by atoms with Gasteiger partial charge in [0.2, 0.25) is 12.2 Å². The van der Waals surface area contributed by atoms with Crippen LogP contribution < -0.4 is 5.46 Å². The van der Waals surface area contributed by atoms with Crippen molar-refractivity contribution in [3.63, 3.8) is 0 Å². The van der Waals surface area contributed by atoms with E-state index < -0.39 is 7.12 Å². The van der Waals surface area contributed by atoms with Crippen molar-refractivity contribution in [2.45, 2.75) is 6.92 Å².